The van der Waals surface area contributed by atoms with Gasteiger partial charge in [0, 0.05) is 36.8 Å². The van der Waals surface area contributed by atoms with Gasteiger partial charge in [-0.3, -0.25) is 9.78 Å². The molecule has 0 saturated carbocycles. The van der Waals surface area contributed by atoms with E-state index in [0.717, 1.165) is 12.1 Å². The van der Waals surface area contributed by atoms with E-state index in [1.54, 1.807) is 17.8 Å². The summed E-state index contributed by atoms with van der Waals surface area (Å²) in [6.45, 7) is 0. The van der Waals surface area contributed by atoms with Gasteiger partial charge in [-0.15, -0.1) is 0 Å². The van der Waals surface area contributed by atoms with Crippen LogP contribution in [0.15, 0.2) is 49.2 Å². The molecule has 0 spiro atoms. The zero-order valence-corrected chi connectivity index (χ0v) is 16.1. The van der Waals surface area contributed by atoms with E-state index in [1.165, 1.54) is 30.9 Å². The Balaban J connectivity index is 1.56. The smallest absolute Gasteiger partial charge is 0.323 e. The average molecular weight is 423 g/mol. The molecule has 3 aromatic heterocycles. The fourth-order valence-corrected chi connectivity index (χ4v) is 3.06. The number of halogens is 2. The van der Waals surface area contributed by atoms with Crippen molar-refractivity contribution in [1.82, 2.24) is 19.5 Å². The molecular weight excluding hydrogens is 408 g/mol. The number of urea groups is 1. The second-order valence-corrected chi connectivity index (χ2v) is 6.61. The molecule has 0 fully saturated rings. The maximum atomic E-state index is 13.3. The van der Waals surface area contributed by atoms with E-state index in [9.17, 15) is 18.4 Å². The number of carbonyl (C=O) groups excluding carboxylic acids is 2. The largest absolute Gasteiger partial charge is 0.383 e. The Labute approximate surface area is 173 Å². The van der Waals surface area contributed by atoms with E-state index < -0.39 is 17.7 Å². The summed E-state index contributed by atoms with van der Waals surface area (Å²) in [5, 5.41) is 5.28. The third kappa shape index (κ3) is 3.88. The molecule has 3 heterocycles. The minimum atomic E-state index is -1.09. The summed E-state index contributed by atoms with van der Waals surface area (Å²) < 4.78 is 28.0. The standard InChI is InChI=1S/C20H15F2N7O2/c1-29-8-13(16-18(23)25-9-26-19(16)29)17(30)10-4-12(7-24-6-10)28-20(31)27-11-2-3-14(21)15(22)5-11/h2-9H,1H3,(H2,23,25,26)(H2,27,28,31). The number of rotatable bonds is 4. The molecule has 0 aliphatic heterocycles. The van der Waals surface area contributed by atoms with Crippen LogP contribution in [-0.2, 0) is 7.05 Å². The van der Waals surface area contributed by atoms with Crippen molar-refractivity contribution in [3.63, 3.8) is 0 Å². The van der Waals surface area contributed by atoms with Crippen LogP contribution in [0.1, 0.15) is 15.9 Å². The van der Waals surface area contributed by atoms with Gasteiger partial charge in [-0.25, -0.2) is 23.5 Å². The van der Waals surface area contributed by atoms with Gasteiger partial charge in [0.1, 0.15) is 17.8 Å². The monoisotopic (exact) mass is 423 g/mol. The number of carbonyl (C=O) groups is 2. The van der Waals surface area contributed by atoms with Gasteiger partial charge in [-0.1, -0.05) is 0 Å². The summed E-state index contributed by atoms with van der Waals surface area (Å²) in [6, 6.07) is 3.66. The molecule has 0 unspecified atom stereocenters. The summed E-state index contributed by atoms with van der Waals surface area (Å²) in [4.78, 5) is 37.3. The number of amides is 2. The van der Waals surface area contributed by atoms with Crippen molar-refractivity contribution in [1.29, 1.82) is 0 Å². The molecule has 31 heavy (non-hydrogen) atoms. The lowest BCUT2D eigenvalue weighted by atomic mass is 10.1. The number of nitrogens with two attached hydrogens (primary N) is 1. The highest BCUT2D eigenvalue weighted by Crippen LogP contribution is 2.26. The normalized spacial score (nSPS) is 10.8. The molecule has 9 nitrogen and oxygen atoms in total. The van der Waals surface area contributed by atoms with Gasteiger partial charge in [-0.2, -0.15) is 0 Å². The van der Waals surface area contributed by atoms with Crippen LogP contribution in [0, 0.1) is 11.6 Å². The van der Waals surface area contributed by atoms with Gasteiger partial charge in [0.15, 0.2) is 17.4 Å². The Hall–Kier alpha value is -4.41. The topological polar surface area (TPSA) is 128 Å². The van der Waals surface area contributed by atoms with Crippen LogP contribution in [0.4, 0.5) is 30.8 Å². The minimum Gasteiger partial charge on any atom is -0.383 e. The molecule has 0 bridgehead atoms. The van der Waals surface area contributed by atoms with E-state index in [4.69, 9.17) is 5.73 Å². The molecule has 0 aliphatic rings. The second-order valence-electron chi connectivity index (χ2n) is 6.61. The summed E-state index contributed by atoms with van der Waals surface area (Å²) in [5.41, 5.74) is 7.20. The highest BCUT2D eigenvalue weighted by molar-refractivity contribution is 6.18. The van der Waals surface area contributed by atoms with Crippen LogP contribution in [0.2, 0.25) is 0 Å². The highest BCUT2D eigenvalue weighted by atomic mass is 19.2. The zero-order valence-electron chi connectivity index (χ0n) is 16.1. The minimum absolute atomic E-state index is 0.0582. The lowest BCUT2D eigenvalue weighted by Crippen LogP contribution is -2.20. The van der Waals surface area contributed by atoms with Crippen molar-refractivity contribution < 1.29 is 18.4 Å². The summed E-state index contributed by atoms with van der Waals surface area (Å²) in [7, 11) is 1.73. The molecule has 1 aromatic carbocycles. The van der Waals surface area contributed by atoms with E-state index in [0.29, 0.717) is 16.6 Å². The van der Waals surface area contributed by atoms with E-state index in [-0.39, 0.29) is 28.5 Å². The van der Waals surface area contributed by atoms with Crippen molar-refractivity contribution in [3.05, 3.63) is 71.9 Å². The van der Waals surface area contributed by atoms with Crippen molar-refractivity contribution >= 4 is 40.0 Å². The molecule has 0 saturated heterocycles. The fraction of sp³-hybridized carbons (Fsp3) is 0.0500. The number of hydrogen-bond donors (Lipinski definition) is 3. The molecule has 0 radical (unpaired) electrons. The molecule has 11 heteroatoms. The molecule has 156 valence electrons. The van der Waals surface area contributed by atoms with Crippen molar-refractivity contribution in [2.45, 2.75) is 0 Å². The average Bonchev–Trinajstić information content (AvgIpc) is 3.08. The number of pyridine rings is 1. The number of ketones is 1. The number of anilines is 3. The molecular formula is C20H15F2N7O2. The Morgan fingerprint density at radius 3 is 2.58 bits per heavy atom. The quantitative estimate of drug-likeness (QED) is 0.433. The number of nitrogens with one attached hydrogen (secondary N) is 2. The zero-order chi connectivity index (χ0) is 22.1. The maximum absolute atomic E-state index is 13.3. The number of hydrogen-bond acceptors (Lipinski definition) is 6. The van der Waals surface area contributed by atoms with Gasteiger partial charge in [0.05, 0.1) is 22.8 Å². The van der Waals surface area contributed by atoms with Crippen LogP contribution < -0.4 is 16.4 Å². The third-order valence-corrected chi connectivity index (χ3v) is 4.46. The lowest BCUT2D eigenvalue weighted by Gasteiger charge is -2.09. The Kier molecular flexibility index (Phi) is 4.99. The summed E-state index contributed by atoms with van der Waals surface area (Å²) in [5.74, 6) is -2.34. The molecule has 4 N–H and O–H groups in total. The Morgan fingerprint density at radius 1 is 1.03 bits per heavy atom. The first-order valence-corrected chi connectivity index (χ1v) is 8.92. The molecule has 0 aliphatic carbocycles. The third-order valence-electron chi connectivity index (χ3n) is 4.46. The number of nitrogens with zero attached hydrogens (tertiary/aromatic N) is 4. The SMILES string of the molecule is Cn1cc(C(=O)c2cncc(NC(=O)Nc3ccc(F)c(F)c3)c2)c2c(N)ncnc21. The van der Waals surface area contributed by atoms with Crippen LogP contribution >= 0.6 is 0 Å². The molecule has 0 atom stereocenters. The number of aryl methyl sites for hydroxylation is 1. The van der Waals surface area contributed by atoms with E-state index >= 15 is 0 Å². The van der Waals surface area contributed by atoms with E-state index in [2.05, 4.69) is 25.6 Å². The maximum Gasteiger partial charge on any atom is 0.323 e. The number of aromatic nitrogens is 4. The lowest BCUT2D eigenvalue weighted by molar-refractivity contribution is 0.103. The predicted octanol–water partition coefficient (Wildman–Crippen LogP) is 3.10. The second kappa shape index (κ2) is 7.78. The molecule has 4 rings (SSSR count). The summed E-state index contributed by atoms with van der Waals surface area (Å²) >= 11 is 0. The van der Waals surface area contributed by atoms with Gasteiger partial charge in [-0.05, 0) is 18.2 Å². The number of fused-ring (bicyclic) bond motifs is 1. The highest BCUT2D eigenvalue weighted by Gasteiger charge is 2.20. The number of benzene rings is 1. The Morgan fingerprint density at radius 2 is 1.81 bits per heavy atom. The van der Waals surface area contributed by atoms with Gasteiger partial charge in [0.25, 0.3) is 0 Å². The summed E-state index contributed by atoms with van der Waals surface area (Å²) in [6.07, 6.45) is 5.58. The first-order chi connectivity index (χ1) is 14.8. The Bertz CT molecular complexity index is 1340. The fourth-order valence-electron chi connectivity index (χ4n) is 3.06. The van der Waals surface area contributed by atoms with Gasteiger partial charge >= 0.3 is 6.03 Å². The van der Waals surface area contributed by atoms with Crippen molar-refractivity contribution in [2.75, 3.05) is 16.4 Å². The number of nitrogen functional groups attached to an aromatic ring is 1. The van der Waals surface area contributed by atoms with Crippen molar-refractivity contribution in [2.24, 2.45) is 7.05 Å². The first-order valence-electron chi connectivity index (χ1n) is 8.92. The van der Waals surface area contributed by atoms with Gasteiger partial charge < -0.3 is 20.9 Å². The first kappa shape index (κ1) is 19.9. The van der Waals surface area contributed by atoms with Gasteiger partial charge in [0.2, 0.25) is 0 Å². The predicted molar refractivity (Wildman–Crippen MR) is 110 cm³/mol. The van der Waals surface area contributed by atoms with E-state index in [1.807, 2.05) is 0 Å². The van der Waals surface area contributed by atoms with Crippen LogP contribution in [0.5, 0.6) is 0 Å². The van der Waals surface area contributed by atoms with Crippen LogP contribution in [0.25, 0.3) is 11.0 Å². The van der Waals surface area contributed by atoms with Crippen LogP contribution in [-0.4, -0.2) is 31.3 Å². The molecule has 2 amide bonds. The van der Waals surface area contributed by atoms with Crippen LogP contribution in [0.3, 0.4) is 0 Å². The molecule has 4 aromatic rings. The van der Waals surface area contributed by atoms with Crippen molar-refractivity contribution in [3.8, 4) is 0 Å².